The zero-order valence-corrected chi connectivity index (χ0v) is 13.2. The molecule has 1 atom stereocenters. The van der Waals surface area contributed by atoms with Crippen molar-refractivity contribution in [1.82, 2.24) is 14.4 Å². The lowest BCUT2D eigenvalue weighted by Gasteiger charge is -2.22. The van der Waals surface area contributed by atoms with Gasteiger partial charge in [0.2, 0.25) is 15.9 Å². The highest BCUT2D eigenvalue weighted by Gasteiger charge is 2.40. The van der Waals surface area contributed by atoms with E-state index < -0.39 is 16.1 Å². The fourth-order valence-corrected chi connectivity index (χ4v) is 4.49. The van der Waals surface area contributed by atoms with Gasteiger partial charge in [-0.2, -0.15) is 9.29 Å². The number of aromatic nitrogens is 2. The summed E-state index contributed by atoms with van der Waals surface area (Å²) in [6, 6.07) is 6.17. The first kappa shape index (κ1) is 15.0. The van der Waals surface area contributed by atoms with Crippen LogP contribution in [0.25, 0.3) is 0 Å². The van der Waals surface area contributed by atoms with Gasteiger partial charge in [-0.3, -0.25) is 0 Å². The summed E-state index contributed by atoms with van der Waals surface area (Å²) < 4.78 is 37.7. The number of sulfonamides is 1. The lowest BCUT2D eigenvalue weighted by Crippen LogP contribution is -2.31. The smallest absolute Gasteiger partial charge is 0.247 e. The minimum atomic E-state index is -3.69. The Morgan fingerprint density at radius 3 is 2.82 bits per heavy atom. The molecule has 7 nitrogen and oxygen atoms in total. The van der Waals surface area contributed by atoms with Gasteiger partial charge < -0.3 is 9.26 Å². The van der Waals surface area contributed by atoms with E-state index >= 15 is 0 Å². The maximum atomic E-state index is 13.0. The number of para-hydroxylation sites is 1. The Hall–Kier alpha value is -1.93. The number of ether oxygens (including phenoxy) is 1. The van der Waals surface area contributed by atoms with E-state index in [4.69, 9.17) is 9.26 Å². The summed E-state index contributed by atoms with van der Waals surface area (Å²) in [7, 11) is -2.23. The van der Waals surface area contributed by atoms with Crippen LogP contribution in [-0.4, -0.2) is 36.5 Å². The van der Waals surface area contributed by atoms with Gasteiger partial charge in [-0.05, 0) is 31.9 Å². The molecule has 1 aliphatic rings. The number of rotatable bonds is 4. The number of nitrogens with zero attached hydrogens (tertiary/aromatic N) is 3. The van der Waals surface area contributed by atoms with E-state index in [-0.39, 0.29) is 4.90 Å². The number of aryl methyl sites for hydroxylation is 1. The largest absolute Gasteiger partial charge is 0.495 e. The van der Waals surface area contributed by atoms with Crippen LogP contribution in [0.3, 0.4) is 0 Å². The summed E-state index contributed by atoms with van der Waals surface area (Å²) >= 11 is 0. The molecule has 1 aromatic heterocycles. The summed E-state index contributed by atoms with van der Waals surface area (Å²) in [5, 5.41) is 3.75. The molecule has 0 aliphatic carbocycles. The van der Waals surface area contributed by atoms with E-state index in [2.05, 4.69) is 10.1 Å². The first-order valence-corrected chi connectivity index (χ1v) is 8.43. The summed E-state index contributed by atoms with van der Waals surface area (Å²) in [5.41, 5.74) is 0. The first-order chi connectivity index (χ1) is 10.5. The van der Waals surface area contributed by atoms with Crippen molar-refractivity contribution in [2.45, 2.75) is 30.7 Å². The van der Waals surface area contributed by atoms with Crippen molar-refractivity contribution >= 4 is 10.0 Å². The third-order valence-electron chi connectivity index (χ3n) is 3.69. The fraction of sp³-hybridized carbons (Fsp3) is 0.429. The SMILES string of the molecule is COc1ccccc1S(=O)(=O)N1CCCC1c1nc(C)no1. The Bertz CT molecular complexity index is 772. The zero-order valence-electron chi connectivity index (χ0n) is 12.4. The van der Waals surface area contributed by atoms with Crippen molar-refractivity contribution in [1.29, 1.82) is 0 Å². The normalized spacial score (nSPS) is 19.5. The molecule has 2 heterocycles. The van der Waals surface area contributed by atoms with Crippen molar-refractivity contribution < 1.29 is 17.7 Å². The molecular formula is C14H17N3O4S. The highest BCUT2D eigenvalue weighted by molar-refractivity contribution is 7.89. The van der Waals surface area contributed by atoms with Gasteiger partial charge in [0.1, 0.15) is 16.7 Å². The molecule has 0 bridgehead atoms. The molecule has 0 N–H and O–H groups in total. The van der Waals surface area contributed by atoms with E-state index in [1.165, 1.54) is 11.4 Å². The minimum Gasteiger partial charge on any atom is -0.495 e. The summed E-state index contributed by atoms with van der Waals surface area (Å²) in [5.74, 6) is 1.17. The third kappa shape index (κ3) is 2.48. The number of methoxy groups -OCH3 is 1. The number of hydrogen-bond donors (Lipinski definition) is 0. The Morgan fingerprint density at radius 2 is 2.14 bits per heavy atom. The molecule has 118 valence electrons. The monoisotopic (exact) mass is 323 g/mol. The van der Waals surface area contributed by atoms with Crippen molar-refractivity contribution in [3.05, 3.63) is 36.0 Å². The average Bonchev–Trinajstić information content (AvgIpc) is 3.15. The van der Waals surface area contributed by atoms with Gasteiger partial charge in [0.15, 0.2) is 5.82 Å². The van der Waals surface area contributed by atoms with Gasteiger partial charge in [0.05, 0.1) is 7.11 Å². The molecule has 1 saturated heterocycles. The average molecular weight is 323 g/mol. The molecule has 1 unspecified atom stereocenters. The molecule has 1 aromatic carbocycles. The van der Waals surface area contributed by atoms with E-state index in [9.17, 15) is 8.42 Å². The predicted molar refractivity (Wildman–Crippen MR) is 77.9 cm³/mol. The van der Waals surface area contributed by atoms with Crippen LogP contribution in [0.4, 0.5) is 0 Å². The molecule has 0 amide bonds. The molecule has 22 heavy (non-hydrogen) atoms. The highest BCUT2D eigenvalue weighted by atomic mass is 32.2. The predicted octanol–water partition coefficient (Wildman–Crippen LogP) is 1.91. The lowest BCUT2D eigenvalue weighted by atomic mass is 10.2. The van der Waals surface area contributed by atoms with Crippen molar-refractivity contribution in [3.63, 3.8) is 0 Å². The van der Waals surface area contributed by atoms with Gasteiger partial charge in [-0.1, -0.05) is 17.3 Å². The molecule has 1 fully saturated rings. The number of benzene rings is 1. The molecular weight excluding hydrogens is 306 g/mol. The van der Waals surface area contributed by atoms with Crippen LogP contribution < -0.4 is 4.74 Å². The highest BCUT2D eigenvalue weighted by Crippen LogP contribution is 2.37. The lowest BCUT2D eigenvalue weighted by molar-refractivity contribution is 0.289. The second-order valence-electron chi connectivity index (χ2n) is 5.10. The fourth-order valence-electron chi connectivity index (χ4n) is 2.68. The summed E-state index contributed by atoms with van der Waals surface area (Å²) in [6.45, 7) is 2.13. The van der Waals surface area contributed by atoms with Crippen LogP contribution in [0.1, 0.15) is 30.6 Å². The Morgan fingerprint density at radius 1 is 1.36 bits per heavy atom. The van der Waals surface area contributed by atoms with E-state index in [0.717, 1.165) is 6.42 Å². The van der Waals surface area contributed by atoms with Gasteiger partial charge in [0.25, 0.3) is 0 Å². The van der Waals surface area contributed by atoms with Crippen molar-refractivity contribution in [2.75, 3.05) is 13.7 Å². The Balaban J connectivity index is 2.01. The topological polar surface area (TPSA) is 85.5 Å². The van der Waals surface area contributed by atoms with E-state index in [1.54, 1.807) is 31.2 Å². The maximum Gasteiger partial charge on any atom is 0.247 e. The third-order valence-corrected chi connectivity index (χ3v) is 5.64. The molecule has 0 radical (unpaired) electrons. The molecule has 8 heteroatoms. The van der Waals surface area contributed by atoms with Crippen LogP contribution in [0, 0.1) is 6.92 Å². The van der Waals surface area contributed by atoms with Gasteiger partial charge in [-0.25, -0.2) is 8.42 Å². The summed E-state index contributed by atoms with van der Waals surface area (Å²) in [4.78, 5) is 4.33. The Labute approximate surface area is 128 Å². The van der Waals surface area contributed by atoms with E-state index in [0.29, 0.717) is 30.4 Å². The minimum absolute atomic E-state index is 0.153. The maximum absolute atomic E-state index is 13.0. The Kier molecular flexibility index (Phi) is 3.88. The second kappa shape index (κ2) is 5.69. The van der Waals surface area contributed by atoms with Crippen LogP contribution in [0.15, 0.2) is 33.7 Å². The zero-order chi connectivity index (χ0) is 15.7. The van der Waals surface area contributed by atoms with Gasteiger partial charge >= 0.3 is 0 Å². The van der Waals surface area contributed by atoms with Crippen LogP contribution in [-0.2, 0) is 10.0 Å². The molecule has 2 aromatic rings. The van der Waals surface area contributed by atoms with Crippen molar-refractivity contribution in [2.24, 2.45) is 0 Å². The first-order valence-electron chi connectivity index (χ1n) is 6.99. The quantitative estimate of drug-likeness (QED) is 0.854. The molecule has 0 saturated carbocycles. The van der Waals surface area contributed by atoms with Crippen LogP contribution >= 0.6 is 0 Å². The second-order valence-corrected chi connectivity index (χ2v) is 6.96. The summed E-state index contributed by atoms with van der Waals surface area (Å²) in [6.07, 6.45) is 1.41. The molecule has 3 rings (SSSR count). The van der Waals surface area contributed by atoms with Gasteiger partial charge in [-0.15, -0.1) is 0 Å². The molecule has 0 spiro atoms. The van der Waals surface area contributed by atoms with Gasteiger partial charge in [0, 0.05) is 6.54 Å². The van der Waals surface area contributed by atoms with E-state index in [1.807, 2.05) is 0 Å². The van der Waals surface area contributed by atoms with Crippen LogP contribution in [0.5, 0.6) is 5.75 Å². The molecule has 1 aliphatic heterocycles. The van der Waals surface area contributed by atoms with Crippen molar-refractivity contribution in [3.8, 4) is 5.75 Å². The van der Waals surface area contributed by atoms with Crippen LogP contribution in [0.2, 0.25) is 0 Å². The number of hydrogen-bond acceptors (Lipinski definition) is 6. The standard InChI is InChI=1S/C14H17N3O4S/c1-10-15-14(21-16-10)11-6-5-9-17(11)22(18,19)13-8-4-3-7-12(13)20-2/h3-4,7-8,11H,5-6,9H2,1-2H3.